The molecule has 1 fully saturated rings. The van der Waals surface area contributed by atoms with Crippen LogP contribution in [0, 0.1) is 17.3 Å². The molecule has 0 saturated heterocycles. The standard InChI is InChI=1S/C43H54N4O9/c1-7-14-32(41(51)52)45-38(48)30-21-28(56-35-24-33(25-15-10-8-11-16-25)44-34-23-27(54-5)19-20-29(34)35)22-31(30)39(49)47-37(43(2,3)4)40(50)46-36(42(53)55-6)26-17-12-9-13-18-26/h8,10-11,15-16,19-20,22-24,26,28,30,32,36-37H,7,9,12-14,17-18,21H2,1-6H3,(H,45,48)(H,46,50)(H,47,49)(H,51,52)/t28-,30-,32-,36-,37-/m0/s1. The van der Waals surface area contributed by atoms with Crippen molar-refractivity contribution in [2.24, 2.45) is 17.3 Å². The van der Waals surface area contributed by atoms with Crippen LogP contribution in [0.15, 0.2) is 66.2 Å². The van der Waals surface area contributed by atoms with Gasteiger partial charge in [0.05, 0.1) is 31.3 Å². The molecule has 1 aromatic heterocycles. The van der Waals surface area contributed by atoms with E-state index in [4.69, 9.17) is 19.2 Å². The maximum atomic E-state index is 14.3. The zero-order valence-electron chi connectivity index (χ0n) is 33.1. The Hall–Kier alpha value is -5.46. The van der Waals surface area contributed by atoms with E-state index < -0.39 is 65.2 Å². The van der Waals surface area contributed by atoms with Crippen LogP contribution in [0.2, 0.25) is 0 Å². The number of aliphatic carboxylic acids is 1. The molecule has 13 heteroatoms. The molecule has 4 N–H and O–H groups in total. The van der Waals surface area contributed by atoms with Crippen LogP contribution in [0.5, 0.6) is 11.5 Å². The third-order valence-corrected chi connectivity index (χ3v) is 10.6. The summed E-state index contributed by atoms with van der Waals surface area (Å²) >= 11 is 0. The normalized spacial score (nSPS) is 18.9. The first kappa shape index (κ1) is 41.7. The van der Waals surface area contributed by atoms with Crippen LogP contribution in [0.25, 0.3) is 22.2 Å². The predicted octanol–water partition coefficient (Wildman–Crippen LogP) is 5.74. The molecule has 5 atom stereocenters. The van der Waals surface area contributed by atoms with Gasteiger partial charge >= 0.3 is 11.9 Å². The maximum absolute atomic E-state index is 14.3. The van der Waals surface area contributed by atoms with Crippen molar-refractivity contribution in [2.75, 3.05) is 14.2 Å². The number of carboxylic acid groups (broad SMARTS) is 1. The summed E-state index contributed by atoms with van der Waals surface area (Å²) < 4.78 is 17.1. The van der Waals surface area contributed by atoms with Crippen molar-refractivity contribution in [3.63, 3.8) is 0 Å². The Labute approximate surface area is 327 Å². The minimum absolute atomic E-state index is 0.0200. The number of nitrogens with one attached hydrogen (secondary N) is 3. The topological polar surface area (TPSA) is 182 Å². The number of fused-ring (bicyclic) bond motifs is 1. The molecule has 300 valence electrons. The molecular weight excluding hydrogens is 716 g/mol. The van der Waals surface area contributed by atoms with Crippen molar-refractivity contribution in [3.8, 4) is 22.8 Å². The Bertz CT molecular complexity index is 1930. The summed E-state index contributed by atoms with van der Waals surface area (Å²) in [5, 5.41) is 18.9. The Morgan fingerprint density at radius 2 is 1.64 bits per heavy atom. The van der Waals surface area contributed by atoms with Gasteiger partial charge in [0.25, 0.3) is 0 Å². The minimum Gasteiger partial charge on any atom is -0.497 e. The van der Waals surface area contributed by atoms with Crippen LogP contribution in [-0.4, -0.2) is 78.2 Å². The van der Waals surface area contributed by atoms with Crippen LogP contribution in [-0.2, 0) is 28.7 Å². The number of pyridine rings is 1. The van der Waals surface area contributed by atoms with Gasteiger partial charge in [0.1, 0.15) is 35.7 Å². The third-order valence-electron chi connectivity index (χ3n) is 10.6. The monoisotopic (exact) mass is 770 g/mol. The molecule has 0 aliphatic heterocycles. The lowest BCUT2D eigenvalue weighted by atomic mass is 9.82. The molecule has 0 radical (unpaired) electrons. The summed E-state index contributed by atoms with van der Waals surface area (Å²) in [5.74, 6) is -3.76. The van der Waals surface area contributed by atoms with Crippen molar-refractivity contribution >= 4 is 40.6 Å². The van der Waals surface area contributed by atoms with Crippen molar-refractivity contribution in [1.82, 2.24) is 20.9 Å². The van der Waals surface area contributed by atoms with Crippen LogP contribution in [0.1, 0.15) is 79.1 Å². The van der Waals surface area contributed by atoms with Gasteiger partial charge in [-0.05, 0) is 48.8 Å². The van der Waals surface area contributed by atoms with Gasteiger partial charge in [-0.25, -0.2) is 14.6 Å². The second-order valence-corrected chi connectivity index (χ2v) is 15.7. The molecule has 5 rings (SSSR count). The number of amides is 3. The van der Waals surface area contributed by atoms with Gasteiger partial charge in [-0.2, -0.15) is 0 Å². The number of hydrogen-bond acceptors (Lipinski definition) is 9. The lowest BCUT2D eigenvalue weighted by molar-refractivity contribution is -0.148. The number of aromatic nitrogens is 1. The molecule has 2 aliphatic rings. The highest BCUT2D eigenvalue weighted by Crippen LogP contribution is 2.37. The molecule has 1 saturated carbocycles. The molecule has 13 nitrogen and oxygen atoms in total. The van der Waals surface area contributed by atoms with E-state index in [-0.39, 0.29) is 24.3 Å². The molecule has 3 amide bonds. The fourth-order valence-corrected chi connectivity index (χ4v) is 7.54. The van der Waals surface area contributed by atoms with Gasteiger partial charge in [-0.1, -0.05) is 83.7 Å². The van der Waals surface area contributed by atoms with Gasteiger partial charge in [-0.3, -0.25) is 14.4 Å². The first-order valence-electron chi connectivity index (χ1n) is 19.4. The number of benzene rings is 2. The predicted molar refractivity (Wildman–Crippen MR) is 211 cm³/mol. The molecular formula is C43H54N4O9. The number of nitrogens with zero attached hydrogens (tertiary/aromatic N) is 1. The molecule has 56 heavy (non-hydrogen) atoms. The largest absolute Gasteiger partial charge is 0.497 e. The average Bonchev–Trinajstić information content (AvgIpc) is 3.62. The highest BCUT2D eigenvalue weighted by Gasteiger charge is 2.42. The summed E-state index contributed by atoms with van der Waals surface area (Å²) in [6.07, 6.45) is 5.95. The highest BCUT2D eigenvalue weighted by molar-refractivity contribution is 6.04. The number of hydrogen-bond donors (Lipinski definition) is 4. The van der Waals surface area contributed by atoms with Crippen LogP contribution in [0.4, 0.5) is 0 Å². The number of carbonyl (C=O) groups is 5. The Morgan fingerprint density at radius 3 is 2.27 bits per heavy atom. The molecule has 0 unspecified atom stereocenters. The smallest absolute Gasteiger partial charge is 0.328 e. The van der Waals surface area contributed by atoms with E-state index in [1.54, 1.807) is 52.2 Å². The van der Waals surface area contributed by atoms with Crippen LogP contribution in [0.3, 0.4) is 0 Å². The first-order chi connectivity index (χ1) is 26.7. The third kappa shape index (κ3) is 10.0. The van der Waals surface area contributed by atoms with E-state index >= 15 is 0 Å². The van der Waals surface area contributed by atoms with Gasteiger partial charge in [0.2, 0.25) is 17.7 Å². The van der Waals surface area contributed by atoms with Crippen molar-refractivity contribution in [2.45, 2.75) is 103 Å². The van der Waals surface area contributed by atoms with Gasteiger partial charge in [0.15, 0.2) is 0 Å². The number of rotatable bonds is 15. The summed E-state index contributed by atoms with van der Waals surface area (Å²) in [6.45, 7) is 7.19. The number of carboxylic acids is 1. The zero-order chi connectivity index (χ0) is 40.6. The Balaban J connectivity index is 1.48. The lowest BCUT2D eigenvalue weighted by Crippen LogP contribution is -2.58. The fourth-order valence-electron chi connectivity index (χ4n) is 7.54. The van der Waals surface area contributed by atoms with E-state index in [0.29, 0.717) is 34.5 Å². The number of carbonyl (C=O) groups excluding carboxylic acids is 4. The summed E-state index contributed by atoms with van der Waals surface area (Å²) in [7, 11) is 2.85. The van der Waals surface area contributed by atoms with Gasteiger partial charge in [0, 0.05) is 35.1 Å². The number of ether oxygens (including phenoxy) is 3. The highest BCUT2D eigenvalue weighted by atomic mass is 16.5. The zero-order valence-corrected chi connectivity index (χ0v) is 33.1. The second kappa shape index (κ2) is 18.4. The Morgan fingerprint density at radius 1 is 0.929 bits per heavy atom. The second-order valence-electron chi connectivity index (χ2n) is 15.7. The van der Waals surface area contributed by atoms with Crippen LogP contribution < -0.4 is 25.4 Å². The van der Waals surface area contributed by atoms with E-state index in [0.717, 1.165) is 37.7 Å². The molecule has 2 aliphatic carbocycles. The van der Waals surface area contributed by atoms with E-state index in [1.807, 2.05) is 43.3 Å². The quantitative estimate of drug-likeness (QED) is 0.139. The Kier molecular flexibility index (Phi) is 13.7. The van der Waals surface area contributed by atoms with Crippen LogP contribution >= 0.6 is 0 Å². The van der Waals surface area contributed by atoms with Crippen molar-refractivity contribution in [3.05, 3.63) is 66.2 Å². The average molecular weight is 771 g/mol. The lowest BCUT2D eigenvalue weighted by Gasteiger charge is -2.34. The molecule has 1 heterocycles. The van der Waals surface area contributed by atoms with Gasteiger partial charge < -0.3 is 35.3 Å². The fraction of sp³-hybridized carbons (Fsp3) is 0.488. The molecule has 3 aromatic rings. The maximum Gasteiger partial charge on any atom is 0.328 e. The molecule has 0 spiro atoms. The summed E-state index contributed by atoms with van der Waals surface area (Å²) in [6, 6.07) is 13.6. The number of esters is 1. The minimum atomic E-state index is -1.18. The molecule has 0 bridgehead atoms. The first-order valence-corrected chi connectivity index (χ1v) is 19.4. The van der Waals surface area contributed by atoms with Crippen molar-refractivity contribution in [1.29, 1.82) is 0 Å². The number of methoxy groups -OCH3 is 2. The summed E-state index contributed by atoms with van der Waals surface area (Å²) in [4.78, 5) is 72.1. The van der Waals surface area contributed by atoms with E-state index in [9.17, 15) is 29.1 Å². The van der Waals surface area contributed by atoms with Gasteiger partial charge in [-0.15, -0.1) is 0 Å². The SMILES string of the molecule is CCC[C@H](NC(=O)[C@H]1C[C@H](Oc2cc(-c3ccccc3)nc3cc(OC)ccc23)C=C1C(=O)N[C@@H](C(=O)N[C@H](C(=O)OC)C1CCCCC1)C(C)(C)C)C(=O)O. The molecule has 2 aromatic carbocycles. The van der Waals surface area contributed by atoms with Crippen molar-refractivity contribution < 1.29 is 43.3 Å². The van der Waals surface area contributed by atoms with E-state index in [2.05, 4.69) is 16.0 Å². The van der Waals surface area contributed by atoms with E-state index in [1.165, 1.54) is 7.11 Å². The summed E-state index contributed by atoms with van der Waals surface area (Å²) in [5.41, 5.74) is 1.31.